The maximum Gasteiger partial charge on any atom is 0.326 e. The number of hydrogen-bond acceptors (Lipinski definition) is 5. The predicted molar refractivity (Wildman–Crippen MR) is 58.3 cm³/mol. The lowest BCUT2D eigenvalue weighted by Gasteiger charge is -2.12. The maximum absolute atomic E-state index is 11.6. The molecule has 1 amide bonds. The van der Waals surface area contributed by atoms with Gasteiger partial charge in [-0.05, 0) is 0 Å². The summed E-state index contributed by atoms with van der Waals surface area (Å²) in [5.74, 6) is -2.25. The van der Waals surface area contributed by atoms with Gasteiger partial charge in [0, 0.05) is 19.1 Å². The molecular weight excluding hydrogens is 246 g/mol. The number of aliphatic hydroxyl groups excluding tert-OH is 1. The number of nitrogens with one attached hydrogen (secondary N) is 3. The highest BCUT2D eigenvalue weighted by atomic mass is 16.4. The Labute approximate surface area is 99.5 Å². The number of carboxylic acids is 1. The first-order chi connectivity index (χ1) is 8.43. The summed E-state index contributed by atoms with van der Waals surface area (Å²) in [5.41, 5.74) is -2.01. The molecule has 0 aliphatic heterocycles. The summed E-state index contributed by atoms with van der Waals surface area (Å²) < 4.78 is 0. The SMILES string of the molecule is O=C(N[C@@H](CCO)C(=O)O)c1cc(=O)[nH]c(=O)[nH]1. The molecule has 5 N–H and O–H groups in total. The molecule has 0 spiro atoms. The molecule has 1 aromatic heterocycles. The highest BCUT2D eigenvalue weighted by molar-refractivity contribution is 5.94. The third-order valence-electron chi connectivity index (χ3n) is 2.03. The number of H-pyrrole nitrogens is 2. The highest BCUT2D eigenvalue weighted by Crippen LogP contribution is 1.94. The molecule has 0 radical (unpaired) electrons. The van der Waals surface area contributed by atoms with Crippen LogP contribution in [-0.2, 0) is 4.79 Å². The van der Waals surface area contributed by atoms with Crippen LogP contribution in [0.1, 0.15) is 16.9 Å². The molecule has 1 rings (SSSR count). The predicted octanol–water partition coefficient (Wildman–Crippen LogP) is -2.37. The summed E-state index contributed by atoms with van der Waals surface area (Å²) in [6, 6.07) is -0.473. The molecule has 9 heteroatoms. The van der Waals surface area contributed by atoms with Crippen LogP contribution in [0.15, 0.2) is 15.7 Å². The summed E-state index contributed by atoms with van der Waals surface area (Å²) in [6.07, 6.45) is -0.186. The number of aromatic amines is 2. The Bertz CT molecular complexity index is 532. The quantitative estimate of drug-likeness (QED) is 0.397. The van der Waals surface area contributed by atoms with Crippen molar-refractivity contribution in [1.82, 2.24) is 15.3 Å². The van der Waals surface area contributed by atoms with Gasteiger partial charge < -0.3 is 20.5 Å². The molecule has 9 nitrogen and oxygen atoms in total. The third-order valence-corrected chi connectivity index (χ3v) is 2.03. The lowest BCUT2D eigenvalue weighted by Crippen LogP contribution is -2.42. The second-order valence-corrected chi connectivity index (χ2v) is 3.38. The minimum atomic E-state index is -1.33. The number of aromatic nitrogens is 2. The van der Waals surface area contributed by atoms with Gasteiger partial charge in [0.25, 0.3) is 11.5 Å². The van der Waals surface area contributed by atoms with Crippen molar-refractivity contribution in [2.45, 2.75) is 12.5 Å². The van der Waals surface area contributed by atoms with E-state index in [4.69, 9.17) is 10.2 Å². The Morgan fingerprint density at radius 1 is 1.33 bits per heavy atom. The van der Waals surface area contributed by atoms with Gasteiger partial charge in [0.15, 0.2) is 0 Å². The molecule has 0 saturated carbocycles. The van der Waals surface area contributed by atoms with E-state index in [0.29, 0.717) is 0 Å². The Hall–Kier alpha value is -2.42. The number of rotatable bonds is 5. The zero-order valence-electron chi connectivity index (χ0n) is 9.10. The number of carboxylic acid groups (broad SMARTS) is 1. The number of aliphatic carboxylic acids is 1. The van der Waals surface area contributed by atoms with Crippen molar-refractivity contribution >= 4 is 11.9 Å². The van der Waals surface area contributed by atoms with Gasteiger partial charge in [0.1, 0.15) is 11.7 Å². The van der Waals surface area contributed by atoms with Gasteiger partial charge >= 0.3 is 11.7 Å². The monoisotopic (exact) mass is 257 g/mol. The van der Waals surface area contributed by atoms with Gasteiger partial charge in [0.2, 0.25) is 0 Å². The molecule has 0 aliphatic carbocycles. The van der Waals surface area contributed by atoms with E-state index in [0.717, 1.165) is 6.07 Å². The van der Waals surface area contributed by atoms with Gasteiger partial charge in [-0.3, -0.25) is 14.6 Å². The van der Waals surface area contributed by atoms with Gasteiger partial charge in [-0.2, -0.15) is 0 Å². The Kier molecular flexibility index (Phi) is 4.38. The van der Waals surface area contributed by atoms with Gasteiger partial charge in [-0.1, -0.05) is 0 Å². The van der Waals surface area contributed by atoms with Crippen LogP contribution in [-0.4, -0.2) is 44.7 Å². The smallest absolute Gasteiger partial charge is 0.326 e. The molecule has 0 saturated heterocycles. The molecule has 0 bridgehead atoms. The van der Waals surface area contributed by atoms with E-state index in [2.05, 4.69) is 10.3 Å². The fourth-order valence-corrected chi connectivity index (χ4v) is 1.21. The standard InChI is InChI=1S/C9H11N3O6/c13-2-1-4(8(16)17)10-7(15)5-3-6(14)12-9(18)11-5/h3-4,13H,1-2H2,(H,10,15)(H,16,17)(H2,11,12,14,18)/t4-/m0/s1. The number of carbonyl (C=O) groups is 2. The van der Waals surface area contributed by atoms with Crippen molar-refractivity contribution in [3.05, 3.63) is 32.6 Å². The van der Waals surface area contributed by atoms with Crippen LogP contribution < -0.4 is 16.6 Å². The zero-order valence-corrected chi connectivity index (χ0v) is 9.10. The molecule has 0 aliphatic rings. The van der Waals surface area contributed by atoms with E-state index in [9.17, 15) is 19.2 Å². The topological polar surface area (TPSA) is 152 Å². The molecule has 1 atom stereocenters. The van der Waals surface area contributed by atoms with Crippen LogP contribution in [0.4, 0.5) is 0 Å². The summed E-state index contributed by atoms with van der Waals surface area (Å²) in [4.78, 5) is 48.1. The Morgan fingerprint density at radius 2 is 2.00 bits per heavy atom. The van der Waals surface area contributed by atoms with Crippen LogP contribution in [0.3, 0.4) is 0 Å². The van der Waals surface area contributed by atoms with Gasteiger partial charge in [-0.25, -0.2) is 9.59 Å². The molecule has 0 fully saturated rings. The van der Waals surface area contributed by atoms with E-state index in [1.54, 1.807) is 0 Å². The molecule has 0 unspecified atom stereocenters. The molecule has 18 heavy (non-hydrogen) atoms. The van der Waals surface area contributed by atoms with Gasteiger partial charge in [0.05, 0.1) is 0 Å². The van der Waals surface area contributed by atoms with E-state index >= 15 is 0 Å². The minimum absolute atomic E-state index is 0.186. The van der Waals surface area contributed by atoms with E-state index < -0.39 is 35.8 Å². The fourth-order valence-electron chi connectivity index (χ4n) is 1.21. The fraction of sp³-hybridized carbons (Fsp3) is 0.333. The lowest BCUT2D eigenvalue weighted by atomic mass is 10.2. The van der Waals surface area contributed by atoms with E-state index in [1.165, 1.54) is 0 Å². The largest absolute Gasteiger partial charge is 0.480 e. The molecule has 1 heterocycles. The second-order valence-electron chi connectivity index (χ2n) is 3.38. The normalized spacial score (nSPS) is 11.8. The Morgan fingerprint density at radius 3 is 2.50 bits per heavy atom. The van der Waals surface area contributed by atoms with Crippen LogP contribution in [0, 0.1) is 0 Å². The first-order valence-electron chi connectivity index (χ1n) is 4.92. The summed E-state index contributed by atoms with van der Waals surface area (Å²) in [5, 5.41) is 19.4. The van der Waals surface area contributed by atoms with Crippen molar-refractivity contribution in [2.24, 2.45) is 0 Å². The number of aliphatic hydroxyl groups is 1. The number of amides is 1. The van der Waals surface area contributed by atoms with E-state index in [-0.39, 0.29) is 12.1 Å². The van der Waals surface area contributed by atoms with E-state index in [1.807, 2.05) is 4.98 Å². The van der Waals surface area contributed by atoms with Crippen molar-refractivity contribution in [2.75, 3.05) is 6.61 Å². The van der Waals surface area contributed by atoms with Crippen LogP contribution >= 0.6 is 0 Å². The summed E-state index contributed by atoms with van der Waals surface area (Å²) >= 11 is 0. The summed E-state index contributed by atoms with van der Waals surface area (Å²) in [6.45, 7) is -0.427. The summed E-state index contributed by atoms with van der Waals surface area (Å²) in [7, 11) is 0. The van der Waals surface area contributed by atoms with Crippen molar-refractivity contribution < 1.29 is 19.8 Å². The first kappa shape index (κ1) is 13.6. The van der Waals surface area contributed by atoms with Crippen LogP contribution in [0.25, 0.3) is 0 Å². The highest BCUT2D eigenvalue weighted by Gasteiger charge is 2.20. The maximum atomic E-state index is 11.6. The van der Waals surface area contributed by atoms with Crippen LogP contribution in [0.2, 0.25) is 0 Å². The molecule has 0 aromatic carbocycles. The van der Waals surface area contributed by atoms with Gasteiger partial charge in [-0.15, -0.1) is 0 Å². The van der Waals surface area contributed by atoms with Crippen molar-refractivity contribution in [3.8, 4) is 0 Å². The lowest BCUT2D eigenvalue weighted by molar-refractivity contribution is -0.139. The number of carbonyl (C=O) groups excluding carboxylic acids is 1. The molecule has 1 aromatic rings. The third kappa shape index (κ3) is 3.56. The van der Waals surface area contributed by atoms with Crippen LogP contribution in [0.5, 0.6) is 0 Å². The zero-order chi connectivity index (χ0) is 13.7. The molecule has 98 valence electrons. The minimum Gasteiger partial charge on any atom is -0.480 e. The Balaban J connectivity index is 2.90. The average Bonchev–Trinajstić information content (AvgIpc) is 2.26. The first-order valence-corrected chi connectivity index (χ1v) is 4.92. The average molecular weight is 257 g/mol. The molecular formula is C9H11N3O6. The number of hydrogen-bond donors (Lipinski definition) is 5. The van der Waals surface area contributed by atoms with Crippen molar-refractivity contribution in [1.29, 1.82) is 0 Å². The van der Waals surface area contributed by atoms with Crippen molar-refractivity contribution in [3.63, 3.8) is 0 Å². The second kappa shape index (κ2) is 5.77.